The minimum Gasteiger partial charge on any atom is -0.366 e. The van der Waals surface area contributed by atoms with Crippen molar-refractivity contribution in [2.24, 2.45) is 5.73 Å². The van der Waals surface area contributed by atoms with Crippen LogP contribution in [-0.2, 0) is 9.59 Å². The lowest BCUT2D eigenvalue weighted by Crippen LogP contribution is -2.17. The van der Waals surface area contributed by atoms with Crippen LogP contribution >= 0.6 is 0 Å². The summed E-state index contributed by atoms with van der Waals surface area (Å²) in [6.45, 7) is 9.93. The Kier molecular flexibility index (Phi) is 7.62. The van der Waals surface area contributed by atoms with Gasteiger partial charge in [-0.15, -0.1) is 0 Å². The molecule has 0 saturated heterocycles. The maximum atomic E-state index is 10.3. The number of nitrogens with one attached hydrogen (secondary N) is 1. The van der Waals surface area contributed by atoms with Crippen molar-refractivity contribution in [3.05, 3.63) is 24.3 Å². The molecule has 0 aromatic carbocycles. The van der Waals surface area contributed by atoms with Crippen molar-refractivity contribution in [3.63, 3.8) is 0 Å². The van der Waals surface area contributed by atoms with Gasteiger partial charge in [-0.1, -0.05) is 13.2 Å². The van der Waals surface area contributed by atoms with Gasteiger partial charge in [0.15, 0.2) is 0 Å². The third-order valence-corrected chi connectivity index (χ3v) is 1.04. The van der Waals surface area contributed by atoms with Crippen LogP contribution in [0.3, 0.4) is 0 Å². The molecule has 4 heteroatoms. The normalized spacial score (nSPS) is 7.62. The highest BCUT2D eigenvalue weighted by Gasteiger charge is 1.92. The first kappa shape index (κ1) is 14.0. The number of amides is 2. The first-order chi connectivity index (χ1) is 5.82. The molecule has 4 nitrogen and oxygen atoms in total. The van der Waals surface area contributed by atoms with Gasteiger partial charge in [0, 0.05) is 18.2 Å². The molecule has 0 rings (SSSR count). The zero-order valence-electron chi connectivity index (χ0n) is 8.31. The minimum atomic E-state index is -0.435. The van der Waals surface area contributed by atoms with E-state index in [1.165, 1.54) is 0 Å². The summed E-state index contributed by atoms with van der Waals surface area (Å²) in [6.07, 6.45) is 0. The van der Waals surface area contributed by atoms with E-state index in [1.807, 2.05) is 0 Å². The van der Waals surface area contributed by atoms with E-state index in [2.05, 4.69) is 18.5 Å². The molecule has 0 aliphatic heterocycles. The molecule has 0 aromatic rings. The van der Waals surface area contributed by atoms with E-state index in [1.54, 1.807) is 20.9 Å². The number of nitrogens with two attached hydrogens (primary N) is 1. The number of hydrogen-bond acceptors (Lipinski definition) is 2. The Morgan fingerprint density at radius 1 is 1.15 bits per heavy atom. The van der Waals surface area contributed by atoms with E-state index >= 15 is 0 Å². The Bertz CT molecular complexity index is 220. The Morgan fingerprint density at radius 3 is 1.46 bits per heavy atom. The van der Waals surface area contributed by atoms with Crippen LogP contribution in [-0.4, -0.2) is 18.9 Å². The Hall–Kier alpha value is -1.58. The zero-order valence-corrected chi connectivity index (χ0v) is 8.31. The van der Waals surface area contributed by atoms with Crippen molar-refractivity contribution in [1.29, 1.82) is 0 Å². The SMILES string of the molecule is C=C(C)C(=O)NC.C=C(C)C(N)=O. The maximum absolute atomic E-state index is 10.3. The average Bonchev–Trinajstić information content (AvgIpc) is 2.03. The fraction of sp³-hybridized carbons (Fsp3) is 0.333. The molecule has 0 spiro atoms. The molecule has 13 heavy (non-hydrogen) atoms. The average molecular weight is 184 g/mol. The molecule has 0 heterocycles. The summed E-state index contributed by atoms with van der Waals surface area (Å²) in [7, 11) is 1.58. The first-order valence-electron chi connectivity index (χ1n) is 3.65. The predicted octanol–water partition coefficient (Wildman–Crippen LogP) is 0.356. The fourth-order valence-electron chi connectivity index (χ4n) is 0.213. The van der Waals surface area contributed by atoms with Crippen LogP contribution in [0.1, 0.15) is 13.8 Å². The van der Waals surface area contributed by atoms with E-state index in [-0.39, 0.29) is 5.91 Å². The second-order valence-corrected chi connectivity index (χ2v) is 2.50. The molecule has 0 fully saturated rings. The van der Waals surface area contributed by atoms with Crippen LogP contribution in [0.15, 0.2) is 24.3 Å². The number of likely N-dealkylation sites (N-methyl/N-ethyl adjacent to an activating group) is 1. The van der Waals surface area contributed by atoms with Gasteiger partial charge < -0.3 is 11.1 Å². The lowest BCUT2D eigenvalue weighted by Gasteiger charge is -1.91. The lowest BCUT2D eigenvalue weighted by molar-refractivity contribution is -0.117. The van der Waals surface area contributed by atoms with Crippen molar-refractivity contribution < 1.29 is 9.59 Å². The molecule has 2 amide bonds. The molecular weight excluding hydrogens is 168 g/mol. The molecule has 0 aliphatic rings. The second-order valence-electron chi connectivity index (χ2n) is 2.50. The quantitative estimate of drug-likeness (QED) is 0.608. The standard InChI is InChI=1S/C5H9NO.C4H7NO/c1-4(2)5(7)6-3;1-3(2)4(5)6/h1H2,2-3H3,(H,6,7);1H2,2H3,(H2,5,6). The molecule has 0 bridgehead atoms. The van der Waals surface area contributed by atoms with Gasteiger partial charge in [-0.25, -0.2) is 0 Å². The van der Waals surface area contributed by atoms with E-state index < -0.39 is 5.91 Å². The summed E-state index contributed by atoms with van der Waals surface area (Å²) < 4.78 is 0. The van der Waals surface area contributed by atoms with Crippen LogP contribution < -0.4 is 11.1 Å². The highest BCUT2D eigenvalue weighted by molar-refractivity contribution is 5.91. The van der Waals surface area contributed by atoms with Gasteiger partial charge in [-0.3, -0.25) is 9.59 Å². The predicted molar refractivity (Wildman–Crippen MR) is 52.9 cm³/mol. The second kappa shape index (κ2) is 7.09. The Balaban J connectivity index is 0. The monoisotopic (exact) mass is 184 g/mol. The molecule has 0 saturated carbocycles. The van der Waals surface area contributed by atoms with Crippen molar-refractivity contribution in [1.82, 2.24) is 5.32 Å². The van der Waals surface area contributed by atoms with Crippen LogP contribution in [0, 0.1) is 0 Å². The molecule has 0 radical (unpaired) electrons. The van der Waals surface area contributed by atoms with Crippen molar-refractivity contribution >= 4 is 11.8 Å². The summed E-state index contributed by atoms with van der Waals surface area (Å²) in [6, 6.07) is 0. The lowest BCUT2D eigenvalue weighted by atomic mass is 10.3. The van der Waals surface area contributed by atoms with Crippen molar-refractivity contribution in [2.75, 3.05) is 7.05 Å². The van der Waals surface area contributed by atoms with Crippen molar-refractivity contribution in [2.45, 2.75) is 13.8 Å². The van der Waals surface area contributed by atoms with Gasteiger partial charge in [0.25, 0.3) is 0 Å². The number of hydrogen-bond donors (Lipinski definition) is 2. The fourth-order valence-corrected chi connectivity index (χ4v) is 0.213. The van der Waals surface area contributed by atoms with Crippen LogP contribution in [0.5, 0.6) is 0 Å². The number of carbonyl (C=O) groups excluding carboxylic acids is 2. The van der Waals surface area contributed by atoms with E-state index in [9.17, 15) is 9.59 Å². The van der Waals surface area contributed by atoms with Gasteiger partial charge >= 0.3 is 0 Å². The third kappa shape index (κ3) is 10.4. The summed E-state index contributed by atoms with van der Waals surface area (Å²) in [4.78, 5) is 20.1. The topological polar surface area (TPSA) is 72.2 Å². The van der Waals surface area contributed by atoms with Gasteiger partial charge in [0.05, 0.1) is 0 Å². The number of primary amides is 1. The van der Waals surface area contributed by atoms with Gasteiger partial charge in [0.2, 0.25) is 11.8 Å². The molecule has 0 unspecified atom stereocenters. The van der Waals surface area contributed by atoms with Crippen LogP contribution in [0.2, 0.25) is 0 Å². The third-order valence-electron chi connectivity index (χ3n) is 1.04. The molecule has 3 N–H and O–H groups in total. The summed E-state index contributed by atoms with van der Waals surface area (Å²) in [5, 5.41) is 2.43. The molecule has 74 valence electrons. The van der Waals surface area contributed by atoms with Gasteiger partial charge in [-0.05, 0) is 13.8 Å². The van der Waals surface area contributed by atoms with Crippen molar-refractivity contribution in [3.8, 4) is 0 Å². The zero-order chi connectivity index (χ0) is 11.0. The molecular formula is C9H16N2O2. The smallest absolute Gasteiger partial charge is 0.246 e. The largest absolute Gasteiger partial charge is 0.366 e. The molecule has 0 atom stereocenters. The van der Waals surface area contributed by atoms with E-state index in [0.29, 0.717) is 11.1 Å². The number of carbonyl (C=O) groups is 2. The van der Waals surface area contributed by atoms with Gasteiger partial charge in [-0.2, -0.15) is 0 Å². The first-order valence-corrected chi connectivity index (χ1v) is 3.65. The highest BCUT2D eigenvalue weighted by Crippen LogP contribution is 1.81. The van der Waals surface area contributed by atoms with Crippen LogP contribution in [0.4, 0.5) is 0 Å². The minimum absolute atomic E-state index is 0.0972. The summed E-state index contributed by atoms with van der Waals surface area (Å²) in [5.74, 6) is -0.532. The highest BCUT2D eigenvalue weighted by atomic mass is 16.1. The molecule has 0 aromatic heterocycles. The number of rotatable bonds is 2. The van der Waals surface area contributed by atoms with E-state index in [0.717, 1.165) is 0 Å². The summed E-state index contributed by atoms with van der Waals surface area (Å²) >= 11 is 0. The van der Waals surface area contributed by atoms with Gasteiger partial charge in [0.1, 0.15) is 0 Å². The van der Waals surface area contributed by atoms with E-state index in [4.69, 9.17) is 5.73 Å². The maximum Gasteiger partial charge on any atom is 0.246 e. The van der Waals surface area contributed by atoms with Crippen LogP contribution in [0.25, 0.3) is 0 Å². The molecule has 0 aliphatic carbocycles. The Labute approximate surface area is 78.5 Å². The Morgan fingerprint density at radius 2 is 1.46 bits per heavy atom. The summed E-state index contributed by atoms with van der Waals surface area (Å²) in [5.41, 5.74) is 5.64.